The summed E-state index contributed by atoms with van der Waals surface area (Å²) in [7, 11) is 0. The van der Waals surface area contributed by atoms with Gasteiger partial charge in [0.15, 0.2) is 0 Å². The summed E-state index contributed by atoms with van der Waals surface area (Å²) in [5.74, 6) is 0.653. The van der Waals surface area contributed by atoms with Gasteiger partial charge in [0.25, 0.3) is 0 Å². The molecule has 0 aliphatic carbocycles. The molecule has 1 aromatic rings. The van der Waals surface area contributed by atoms with E-state index in [4.69, 9.17) is 0 Å². The van der Waals surface area contributed by atoms with Gasteiger partial charge < -0.3 is 5.32 Å². The normalized spacial score (nSPS) is 13.3. The van der Waals surface area contributed by atoms with Crippen molar-refractivity contribution in [2.75, 3.05) is 6.54 Å². The maximum atomic E-state index is 4.61. The molecule has 0 aliphatic heterocycles. The molecule has 0 spiro atoms. The zero-order valence-corrected chi connectivity index (χ0v) is 12.0. The van der Waals surface area contributed by atoms with E-state index in [0.29, 0.717) is 12.0 Å². The Bertz CT molecular complexity index is 328. The van der Waals surface area contributed by atoms with Crippen LogP contribution in [-0.2, 0) is 19.4 Å². The highest BCUT2D eigenvalue weighted by Crippen LogP contribution is 2.12. The van der Waals surface area contributed by atoms with Crippen LogP contribution in [0.15, 0.2) is 6.07 Å². The van der Waals surface area contributed by atoms with E-state index in [1.807, 2.05) is 0 Å². The SMILES string of the molecule is CCNC(Cc1cc(CC)nn1CC)C(C)C. The molecule has 0 bridgehead atoms. The monoisotopic (exact) mass is 237 g/mol. The van der Waals surface area contributed by atoms with Crippen molar-refractivity contribution < 1.29 is 0 Å². The number of hydrogen-bond acceptors (Lipinski definition) is 2. The third-order valence-corrected chi connectivity index (χ3v) is 3.28. The van der Waals surface area contributed by atoms with E-state index < -0.39 is 0 Å². The maximum Gasteiger partial charge on any atom is 0.0624 e. The molecule has 0 fully saturated rings. The molecule has 0 radical (unpaired) electrons. The minimum Gasteiger partial charge on any atom is -0.314 e. The predicted octanol–water partition coefficient (Wildman–Crippen LogP) is 2.64. The highest BCUT2D eigenvalue weighted by Gasteiger charge is 2.15. The standard InChI is InChI=1S/C14H27N3/c1-6-12-9-13(17(8-3)16-12)10-14(11(4)5)15-7-2/h9,11,14-15H,6-8,10H2,1-5H3. The lowest BCUT2D eigenvalue weighted by Gasteiger charge is -2.21. The van der Waals surface area contributed by atoms with Gasteiger partial charge in [0.1, 0.15) is 0 Å². The molecule has 1 heterocycles. The lowest BCUT2D eigenvalue weighted by molar-refractivity contribution is 0.395. The van der Waals surface area contributed by atoms with Crippen molar-refractivity contribution in [3.05, 3.63) is 17.5 Å². The lowest BCUT2D eigenvalue weighted by Crippen LogP contribution is -2.36. The largest absolute Gasteiger partial charge is 0.314 e. The quantitative estimate of drug-likeness (QED) is 0.790. The van der Waals surface area contributed by atoms with Crippen LogP contribution in [0.1, 0.15) is 46.0 Å². The van der Waals surface area contributed by atoms with Crippen molar-refractivity contribution in [3.8, 4) is 0 Å². The van der Waals surface area contributed by atoms with Crippen molar-refractivity contribution >= 4 is 0 Å². The second-order valence-corrected chi connectivity index (χ2v) is 4.91. The van der Waals surface area contributed by atoms with Crippen LogP contribution in [0, 0.1) is 5.92 Å². The Morgan fingerprint density at radius 2 is 2.00 bits per heavy atom. The van der Waals surface area contributed by atoms with Gasteiger partial charge >= 0.3 is 0 Å². The molecule has 1 aromatic heterocycles. The highest BCUT2D eigenvalue weighted by molar-refractivity contribution is 5.12. The van der Waals surface area contributed by atoms with Crippen LogP contribution in [0.3, 0.4) is 0 Å². The Kier molecular flexibility index (Phi) is 5.69. The van der Waals surface area contributed by atoms with Crippen LogP contribution < -0.4 is 5.32 Å². The van der Waals surface area contributed by atoms with Crippen molar-refractivity contribution in [2.24, 2.45) is 5.92 Å². The third-order valence-electron chi connectivity index (χ3n) is 3.28. The van der Waals surface area contributed by atoms with Gasteiger partial charge in [-0.15, -0.1) is 0 Å². The molecule has 0 aliphatic rings. The second kappa shape index (κ2) is 6.80. The number of nitrogens with one attached hydrogen (secondary N) is 1. The summed E-state index contributed by atoms with van der Waals surface area (Å²) in [5.41, 5.74) is 2.57. The van der Waals surface area contributed by atoms with Gasteiger partial charge in [-0.25, -0.2) is 0 Å². The summed E-state index contributed by atoms with van der Waals surface area (Å²) in [6, 6.07) is 2.81. The smallest absolute Gasteiger partial charge is 0.0624 e. The van der Waals surface area contributed by atoms with Gasteiger partial charge in [0.05, 0.1) is 5.69 Å². The molecule has 0 amide bonds. The van der Waals surface area contributed by atoms with Gasteiger partial charge in [0.2, 0.25) is 0 Å². The fourth-order valence-electron chi connectivity index (χ4n) is 2.16. The van der Waals surface area contributed by atoms with Gasteiger partial charge in [-0.2, -0.15) is 5.10 Å². The number of aryl methyl sites for hydroxylation is 2. The number of rotatable bonds is 7. The summed E-state index contributed by atoms with van der Waals surface area (Å²) < 4.78 is 2.14. The lowest BCUT2D eigenvalue weighted by atomic mass is 9.99. The van der Waals surface area contributed by atoms with Crippen molar-refractivity contribution in [2.45, 2.75) is 60.0 Å². The summed E-state index contributed by atoms with van der Waals surface area (Å²) in [6.45, 7) is 13.0. The topological polar surface area (TPSA) is 29.9 Å². The average Bonchev–Trinajstić information content (AvgIpc) is 2.70. The van der Waals surface area contributed by atoms with Gasteiger partial charge in [0, 0.05) is 24.7 Å². The zero-order chi connectivity index (χ0) is 12.8. The molecule has 3 heteroatoms. The van der Waals surface area contributed by atoms with E-state index in [-0.39, 0.29) is 0 Å². The Morgan fingerprint density at radius 1 is 1.29 bits per heavy atom. The van der Waals surface area contributed by atoms with Gasteiger partial charge in [-0.1, -0.05) is 27.7 Å². The van der Waals surface area contributed by atoms with Gasteiger partial charge in [-0.3, -0.25) is 4.68 Å². The first-order valence-corrected chi connectivity index (χ1v) is 6.91. The molecule has 1 unspecified atom stereocenters. The molecular formula is C14H27N3. The summed E-state index contributed by atoms with van der Waals surface area (Å²) in [5, 5.41) is 8.18. The van der Waals surface area contributed by atoms with E-state index >= 15 is 0 Å². The van der Waals surface area contributed by atoms with E-state index in [9.17, 15) is 0 Å². The van der Waals surface area contributed by atoms with Crippen molar-refractivity contribution in [3.63, 3.8) is 0 Å². The van der Waals surface area contributed by atoms with Crippen LogP contribution in [-0.4, -0.2) is 22.4 Å². The molecule has 1 rings (SSSR count). The zero-order valence-electron chi connectivity index (χ0n) is 12.0. The van der Waals surface area contributed by atoms with Crippen molar-refractivity contribution in [1.82, 2.24) is 15.1 Å². The summed E-state index contributed by atoms with van der Waals surface area (Å²) in [4.78, 5) is 0. The minimum absolute atomic E-state index is 0.548. The summed E-state index contributed by atoms with van der Waals surface area (Å²) >= 11 is 0. The van der Waals surface area contributed by atoms with Crippen LogP contribution in [0.2, 0.25) is 0 Å². The molecule has 1 atom stereocenters. The van der Waals surface area contributed by atoms with Crippen molar-refractivity contribution in [1.29, 1.82) is 0 Å². The Labute approximate surface area is 106 Å². The van der Waals surface area contributed by atoms with Crippen LogP contribution in [0.4, 0.5) is 0 Å². The van der Waals surface area contributed by atoms with E-state index in [1.165, 1.54) is 11.4 Å². The van der Waals surface area contributed by atoms with E-state index in [0.717, 1.165) is 25.9 Å². The number of nitrogens with zero attached hydrogens (tertiary/aromatic N) is 2. The number of aromatic nitrogens is 2. The minimum atomic E-state index is 0.548. The molecule has 0 saturated carbocycles. The Balaban J connectivity index is 2.80. The summed E-state index contributed by atoms with van der Waals surface area (Å²) in [6.07, 6.45) is 2.10. The Hall–Kier alpha value is -0.830. The third kappa shape index (κ3) is 3.84. The Morgan fingerprint density at radius 3 is 2.47 bits per heavy atom. The molecule has 0 saturated heterocycles. The average molecular weight is 237 g/mol. The first-order valence-electron chi connectivity index (χ1n) is 6.91. The molecular weight excluding hydrogens is 210 g/mol. The molecule has 98 valence electrons. The van der Waals surface area contributed by atoms with Crippen LogP contribution >= 0.6 is 0 Å². The number of likely N-dealkylation sites (N-methyl/N-ethyl adjacent to an activating group) is 1. The number of hydrogen-bond donors (Lipinski definition) is 1. The predicted molar refractivity (Wildman–Crippen MR) is 73.3 cm³/mol. The molecule has 17 heavy (non-hydrogen) atoms. The highest BCUT2D eigenvalue weighted by atomic mass is 15.3. The molecule has 0 aromatic carbocycles. The fraction of sp³-hybridized carbons (Fsp3) is 0.786. The second-order valence-electron chi connectivity index (χ2n) is 4.91. The van der Waals surface area contributed by atoms with Crippen LogP contribution in [0.5, 0.6) is 0 Å². The maximum absolute atomic E-state index is 4.61. The van der Waals surface area contributed by atoms with Crippen LogP contribution in [0.25, 0.3) is 0 Å². The molecule has 1 N–H and O–H groups in total. The van der Waals surface area contributed by atoms with Gasteiger partial charge in [-0.05, 0) is 31.9 Å². The molecule has 3 nitrogen and oxygen atoms in total. The first-order chi connectivity index (χ1) is 8.12. The van der Waals surface area contributed by atoms with E-state index in [1.54, 1.807) is 0 Å². The van der Waals surface area contributed by atoms with E-state index in [2.05, 4.69) is 55.8 Å². The fourth-order valence-corrected chi connectivity index (χ4v) is 2.16. The first kappa shape index (κ1) is 14.2.